The topological polar surface area (TPSA) is 46.6 Å². The van der Waals surface area contributed by atoms with Crippen LogP contribution in [0.15, 0.2) is 60.7 Å². The molecule has 2 heterocycles. The van der Waals surface area contributed by atoms with Crippen molar-refractivity contribution in [3.63, 3.8) is 0 Å². The van der Waals surface area contributed by atoms with Crippen LogP contribution >= 0.6 is 23.2 Å². The summed E-state index contributed by atoms with van der Waals surface area (Å²) in [5, 5.41) is 1.13. The fraction of sp³-hybridized carbons (Fsp3) is 0.130. The summed E-state index contributed by atoms with van der Waals surface area (Å²) in [6.07, 6.45) is 0. The van der Waals surface area contributed by atoms with Crippen LogP contribution in [0.1, 0.15) is 33.0 Å². The molecule has 0 aromatic heterocycles. The molecule has 3 aromatic rings. The Balaban J connectivity index is 1.66. The Labute approximate surface area is 177 Å². The monoisotopic (exact) mass is 423 g/mol. The first-order chi connectivity index (χ1) is 14.0. The van der Waals surface area contributed by atoms with Crippen LogP contribution in [0.2, 0.25) is 10.0 Å². The molecule has 2 aliphatic rings. The molecule has 0 N–H and O–H groups in total. The maximum Gasteiger partial charge on any atom is 0.193 e. The average molecular weight is 424 g/mol. The maximum absolute atomic E-state index is 13.1. The lowest BCUT2D eigenvalue weighted by Crippen LogP contribution is -2.37. The van der Waals surface area contributed by atoms with E-state index in [4.69, 9.17) is 27.9 Å². The Morgan fingerprint density at radius 3 is 2.52 bits per heavy atom. The minimum Gasteiger partial charge on any atom is -0.471 e. The number of ketones is 2. The van der Waals surface area contributed by atoms with Crippen LogP contribution in [0.3, 0.4) is 0 Å². The lowest BCUT2D eigenvalue weighted by Gasteiger charge is -2.30. The van der Waals surface area contributed by atoms with Crippen LogP contribution in [0, 0.1) is 0 Å². The number of ether oxygens (including phenoxy) is 1. The van der Waals surface area contributed by atoms with E-state index in [0.29, 0.717) is 33.7 Å². The molecule has 0 aliphatic carbocycles. The fourth-order valence-electron chi connectivity index (χ4n) is 4.04. The molecule has 0 fully saturated rings. The van der Waals surface area contributed by atoms with E-state index in [1.165, 1.54) is 0 Å². The van der Waals surface area contributed by atoms with Crippen molar-refractivity contribution in [3.8, 4) is 5.75 Å². The number of halogens is 2. The van der Waals surface area contributed by atoms with Gasteiger partial charge in [-0.05, 0) is 59.7 Å². The van der Waals surface area contributed by atoms with Gasteiger partial charge in [0.05, 0.1) is 18.2 Å². The molecule has 3 aromatic carbocycles. The largest absolute Gasteiger partial charge is 0.471 e. The van der Waals surface area contributed by atoms with E-state index in [-0.39, 0.29) is 18.1 Å². The standard InChI is InChI=1S/C23H15Cl2NO3/c24-16-6-4-13(5-7-16)23(28)15-9-18-21(14-2-1-3-17(25)8-14)19(27)11-26-12-29-20(10-15)22(18)26/h1-10,21H,11-12H2. The summed E-state index contributed by atoms with van der Waals surface area (Å²) in [5.74, 6) is 0.0376. The number of anilines is 1. The molecule has 0 radical (unpaired) electrons. The lowest BCUT2D eigenvalue weighted by molar-refractivity contribution is -0.118. The molecule has 0 saturated heterocycles. The van der Waals surface area contributed by atoms with Gasteiger partial charge in [-0.25, -0.2) is 0 Å². The maximum atomic E-state index is 13.1. The first kappa shape index (κ1) is 18.2. The van der Waals surface area contributed by atoms with E-state index in [0.717, 1.165) is 16.8 Å². The number of carbonyl (C=O) groups excluding carboxylic acids is 2. The van der Waals surface area contributed by atoms with Gasteiger partial charge in [-0.3, -0.25) is 9.59 Å². The summed E-state index contributed by atoms with van der Waals surface area (Å²) in [5.41, 5.74) is 3.47. The second kappa shape index (κ2) is 6.90. The Bertz CT molecular complexity index is 1160. The molecule has 5 rings (SSSR count). The van der Waals surface area contributed by atoms with Crippen LogP contribution in [0.5, 0.6) is 5.75 Å². The minimum absolute atomic E-state index is 0.0484. The molecule has 29 heavy (non-hydrogen) atoms. The lowest BCUT2D eigenvalue weighted by atomic mass is 9.82. The van der Waals surface area contributed by atoms with Crippen molar-refractivity contribution in [3.05, 3.63) is 93.0 Å². The molecular formula is C23H15Cl2NO3. The highest BCUT2D eigenvalue weighted by molar-refractivity contribution is 6.31. The van der Waals surface area contributed by atoms with E-state index in [1.54, 1.807) is 48.5 Å². The number of hydrogen-bond donors (Lipinski definition) is 0. The van der Waals surface area contributed by atoms with Crippen LogP contribution in [0.4, 0.5) is 5.69 Å². The van der Waals surface area contributed by atoms with Gasteiger partial charge in [-0.1, -0.05) is 35.3 Å². The third-order valence-electron chi connectivity index (χ3n) is 5.33. The Morgan fingerprint density at radius 2 is 1.76 bits per heavy atom. The number of Topliss-reactive ketones (excluding diaryl/α,β-unsaturated/α-hetero) is 1. The van der Waals surface area contributed by atoms with Crippen LogP contribution in [-0.4, -0.2) is 24.8 Å². The zero-order chi connectivity index (χ0) is 20.1. The van der Waals surface area contributed by atoms with E-state index in [1.807, 2.05) is 17.0 Å². The van der Waals surface area contributed by atoms with Crippen LogP contribution < -0.4 is 9.64 Å². The summed E-state index contributed by atoms with van der Waals surface area (Å²) < 4.78 is 5.80. The van der Waals surface area contributed by atoms with Gasteiger partial charge >= 0.3 is 0 Å². The number of carbonyl (C=O) groups is 2. The molecule has 0 amide bonds. The van der Waals surface area contributed by atoms with Crippen molar-refractivity contribution in [1.29, 1.82) is 0 Å². The highest BCUT2D eigenvalue weighted by Crippen LogP contribution is 2.47. The number of nitrogens with zero attached hydrogens (tertiary/aromatic N) is 1. The Morgan fingerprint density at radius 1 is 0.966 bits per heavy atom. The predicted octanol–water partition coefficient (Wildman–Crippen LogP) is 5.10. The van der Waals surface area contributed by atoms with Crippen molar-refractivity contribution < 1.29 is 14.3 Å². The van der Waals surface area contributed by atoms with Crippen molar-refractivity contribution in [2.45, 2.75) is 5.92 Å². The van der Waals surface area contributed by atoms with Crippen molar-refractivity contribution in [2.24, 2.45) is 0 Å². The second-order valence-electron chi connectivity index (χ2n) is 7.17. The molecule has 4 nitrogen and oxygen atoms in total. The summed E-state index contributed by atoms with van der Waals surface area (Å²) in [7, 11) is 0. The molecule has 0 spiro atoms. The fourth-order valence-corrected chi connectivity index (χ4v) is 4.36. The summed E-state index contributed by atoms with van der Waals surface area (Å²) in [4.78, 5) is 28.0. The third kappa shape index (κ3) is 3.09. The zero-order valence-corrected chi connectivity index (χ0v) is 16.7. The van der Waals surface area contributed by atoms with Gasteiger partial charge < -0.3 is 9.64 Å². The average Bonchev–Trinajstić information content (AvgIpc) is 3.11. The second-order valence-corrected chi connectivity index (χ2v) is 8.05. The van der Waals surface area contributed by atoms with Gasteiger partial charge in [0.25, 0.3) is 0 Å². The molecule has 0 saturated carbocycles. The molecule has 1 unspecified atom stereocenters. The molecule has 0 bridgehead atoms. The number of rotatable bonds is 3. The summed E-state index contributed by atoms with van der Waals surface area (Å²) in [6.45, 7) is 0.566. The van der Waals surface area contributed by atoms with Gasteiger partial charge in [0.15, 0.2) is 18.3 Å². The third-order valence-corrected chi connectivity index (χ3v) is 5.81. The van der Waals surface area contributed by atoms with Gasteiger partial charge in [0.1, 0.15) is 5.75 Å². The SMILES string of the molecule is O=C(c1ccc(Cl)cc1)c1cc2c3c(c1)C(c1cccc(Cl)c1)C(=O)CN3CO2. The van der Waals surface area contributed by atoms with Gasteiger partial charge in [-0.15, -0.1) is 0 Å². The quantitative estimate of drug-likeness (QED) is 0.550. The smallest absolute Gasteiger partial charge is 0.193 e. The van der Waals surface area contributed by atoms with Crippen molar-refractivity contribution in [1.82, 2.24) is 0 Å². The predicted molar refractivity (Wildman–Crippen MR) is 112 cm³/mol. The molecule has 1 atom stereocenters. The number of hydrogen-bond acceptors (Lipinski definition) is 4. The van der Waals surface area contributed by atoms with Crippen LogP contribution in [0.25, 0.3) is 0 Å². The first-order valence-corrected chi connectivity index (χ1v) is 9.91. The first-order valence-electron chi connectivity index (χ1n) is 9.15. The Hall–Kier alpha value is -2.82. The van der Waals surface area contributed by atoms with Crippen molar-refractivity contribution in [2.75, 3.05) is 18.2 Å². The van der Waals surface area contributed by atoms with E-state index in [9.17, 15) is 9.59 Å². The van der Waals surface area contributed by atoms with E-state index in [2.05, 4.69) is 0 Å². The minimum atomic E-state index is -0.488. The molecular weight excluding hydrogens is 409 g/mol. The van der Waals surface area contributed by atoms with Crippen molar-refractivity contribution >= 4 is 40.5 Å². The van der Waals surface area contributed by atoms with E-state index < -0.39 is 5.92 Å². The molecule has 2 aliphatic heterocycles. The molecule has 144 valence electrons. The molecule has 6 heteroatoms. The van der Waals surface area contributed by atoms with Crippen LogP contribution in [-0.2, 0) is 4.79 Å². The highest BCUT2D eigenvalue weighted by atomic mass is 35.5. The van der Waals surface area contributed by atoms with Gasteiger partial charge in [0, 0.05) is 21.2 Å². The summed E-state index contributed by atoms with van der Waals surface area (Å²) >= 11 is 12.1. The number of benzene rings is 3. The zero-order valence-electron chi connectivity index (χ0n) is 15.2. The highest BCUT2D eigenvalue weighted by Gasteiger charge is 2.39. The van der Waals surface area contributed by atoms with Gasteiger partial charge in [-0.2, -0.15) is 0 Å². The van der Waals surface area contributed by atoms with E-state index >= 15 is 0 Å². The Kier molecular flexibility index (Phi) is 4.34. The normalized spacial score (nSPS) is 17.1. The van der Waals surface area contributed by atoms with Gasteiger partial charge in [0.2, 0.25) is 0 Å². The summed E-state index contributed by atoms with van der Waals surface area (Å²) in [6, 6.07) is 17.6.